The predicted octanol–water partition coefficient (Wildman–Crippen LogP) is 0.153. The normalized spacial score (nSPS) is 13.6. The lowest BCUT2D eigenvalue weighted by Gasteiger charge is -2.17. The zero-order chi connectivity index (χ0) is 15.2. The standard InChI is InChI=1S/C13H16N4O3S/c14-10(4-8-6-15-7-16-8)12(18)17-11(13(19)20)5-9-2-1-3-21-9/h1-3,6-7,10-11H,4-5,14H2,(H,15,16)(H,17,18)(H,19,20)/t10-,11-/m0/s1. The van der Waals surface area contributed by atoms with Crippen molar-refractivity contribution >= 4 is 23.2 Å². The molecule has 2 heterocycles. The summed E-state index contributed by atoms with van der Waals surface area (Å²) in [5, 5.41) is 13.5. The van der Waals surface area contributed by atoms with Crippen LogP contribution in [0.5, 0.6) is 0 Å². The van der Waals surface area contributed by atoms with Crippen molar-refractivity contribution < 1.29 is 14.7 Å². The molecule has 2 aromatic heterocycles. The Morgan fingerprint density at radius 2 is 2.29 bits per heavy atom. The van der Waals surface area contributed by atoms with Crippen molar-refractivity contribution in [3.8, 4) is 0 Å². The first-order valence-electron chi connectivity index (χ1n) is 6.34. The molecular weight excluding hydrogens is 292 g/mol. The minimum absolute atomic E-state index is 0.246. The summed E-state index contributed by atoms with van der Waals surface area (Å²) in [6.45, 7) is 0. The first-order valence-corrected chi connectivity index (χ1v) is 7.22. The number of nitrogens with two attached hydrogens (primary N) is 1. The first kappa shape index (κ1) is 15.2. The van der Waals surface area contributed by atoms with Crippen LogP contribution in [0.2, 0.25) is 0 Å². The number of hydrogen-bond acceptors (Lipinski definition) is 5. The van der Waals surface area contributed by atoms with Gasteiger partial charge in [0.05, 0.1) is 12.4 Å². The van der Waals surface area contributed by atoms with Crippen molar-refractivity contribution in [3.05, 3.63) is 40.6 Å². The lowest BCUT2D eigenvalue weighted by atomic mass is 10.1. The summed E-state index contributed by atoms with van der Waals surface area (Å²) in [4.78, 5) is 30.8. The van der Waals surface area contributed by atoms with Crippen LogP contribution in [0.15, 0.2) is 30.0 Å². The van der Waals surface area contributed by atoms with Crippen molar-refractivity contribution in [1.82, 2.24) is 15.3 Å². The van der Waals surface area contributed by atoms with Crippen molar-refractivity contribution in [3.63, 3.8) is 0 Å². The van der Waals surface area contributed by atoms with E-state index in [1.165, 1.54) is 17.7 Å². The van der Waals surface area contributed by atoms with Gasteiger partial charge in [0.15, 0.2) is 0 Å². The number of thiophene rings is 1. The van der Waals surface area contributed by atoms with E-state index in [0.29, 0.717) is 0 Å². The number of nitrogens with zero attached hydrogens (tertiary/aromatic N) is 1. The molecule has 2 aromatic rings. The highest BCUT2D eigenvalue weighted by atomic mass is 32.1. The first-order chi connectivity index (χ1) is 10.1. The number of amides is 1. The van der Waals surface area contributed by atoms with E-state index >= 15 is 0 Å². The average molecular weight is 308 g/mol. The van der Waals surface area contributed by atoms with E-state index in [1.54, 1.807) is 6.20 Å². The second-order valence-electron chi connectivity index (χ2n) is 4.57. The molecule has 0 saturated carbocycles. The minimum Gasteiger partial charge on any atom is -0.480 e. The van der Waals surface area contributed by atoms with Crippen LogP contribution in [0.4, 0.5) is 0 Å². The number of rotatable bonds is 7. The van der Waals surface area contributed by atoms with Gasteiger partial charge < -0.3 is 21.1 Å². The van der Waals surface area contributed by atoms with Gasteiger partial charge in [0.25, 0.3) is 0 Å². The number of carbonyl (C=O) groups excluding carboxylic acids is 1. The second-order valence-corrected chi connectivity index (χ2v) is 5.60. The zero-order valence-electron chi connectivity index (χ0n) is 11.2. The Hall–Kier alpha value is -2.19. The lowest BCUT2D eigenvalue weighted by Crippen LogP contribution is -2.50. The topological polar surface area (TPSA) is 121 Å². The number of aromatic amines is 1. The molecule has 0 fully saturated rings. The largest absolute Gasteiger partial charge is 0.480 e. The van der Waals surface area contributed by atoms with Gasteiger partial charge in [-0.2, -0.15) is 0 Å². The molecule has 2 atom stereocenters. The molecule has 0 saturated heterocycles. The van der Waals surface area contributed by atoms with Gasteiger partial charge in [-0.25, -0.2) is 9.78 Å². The number of carboxylic acids is 1. The molecule has 0 radical (unpaired) electrons. The van der Waals surface area contributed by atoms with Crippen LogP contribution in [0.3, 0.4) is 0 Å². The molecule has 8 heteroatoms. The van der Waals surface area contributed by atoms with E-state index in [2.05, 4.69) is 15.3 Å². The number of aliphatic carboxylic acids is 1. The minimum atomic E-state index is -1.08. The van der Waals surface area contributed by atoms with Gasteiger partial charge in [0.2, 0.25) is 5.91 Å². The van der Waals surface area contributed by atoms with E-state index in [-0.39, 0.29) is 12.8 Å². The van der Waals surface area contributed by atoms with Crippen LogP contribution in [0, 0.1) is 0 Å². The summed E-state index contributed by atoms with van der Waals surface area (Å²) in [5.41, 5.74) is 6.50. The maximum absolute atomic E-state index is 12.0. The summed E-state index contributed by atoms with van der Waals surface area (Å²) < 4.78 is 0. The molecule has 2 rings (SSSR count). The highest BCUT2D eigenvalue weighted by Crippen LogP contribution is 2.11. The summed E-state index contributed by atoms with van der Waals surface area (Å²) in [6.07, 6.45) is 3.59. The van der Waals surface area contributed by atoms with E-state index in [4.69, 9.17) is 5.73 Å². The fourth-order valence-corrected chi connectivity index (χ4v) is 2.59. The quantitative estimate of drug-likeness (QED) is 0.580. The Labute approximate surface area is 125 Å². The summed E-state index contributed by atoms with van der Waals surface area (Å²) >= 11 is 1.45. The van der Waals surface area contributed by atoms with Gasteiger partial charge in [0, 0.05) is 29.6 Å². The molecule has 0 bridgehead atoms. The van der Waals surface area contributed by atoms with Crippen molar-refractivity contribution in [2.75, 3.05) is 0 Å². The Balaban J connectivity index is 1.92. The maximum atomic E-state index is 12.0. The summed E-state index contributed by atoms with van der Waals surface area (Å²) in [6, 6.07) is 1.86. The van der Waals surface area contributed by atoms with Crippen LogP contribution in [-0.2, 0) is 22.4 Å². The average Bonchev–Trinajstić information content (AvgIpc) is 3.10. The van der Waals surface area contributed by atoms with Gasteiger partial charge in [0.1, 0.15) is 6.04 Å². The predicted molar refractivity (Wildman–Crippen MR) is 77.9 cm³/mol. The maximum Gasteiger partial charge on any atom is 0.326 e. The summed E-state index contributed by atoms with van der Waals surface area (Å²) in [5.74, 6) is -1.57. The van der Waals surface area contributed by atoms with Gasteiger partial charge in [-0.1, -0.05) is 6.07 Å². The van der Waals surface area contributed by atoms with Crippen molar-refractivity contribution in [1.29, 1.82) is 0 Å². The number of carbonyl (C=O) groups is 2. The Morgan fingerprint density at radius 3 is 2.86 bits per heavy atom. The van der Waals surface area contributed by atoms with Crippen LogP contribution in [0.25, 0.3) is 0 Å². The molecule has 0 aromatic carbocycles. The van der Waals surface area contributed by atoms with Crippen molar-refractivity contribution in [2.45, 2.75) is 24.9 Å². The Kier molecular flexibility index (Phi) is 5.07. The number of aromatic nitrogens is 2. The van der Waals surface area contributed by atoms with Gasteiger partial charge in [-0.3, -0.25) is 4.79 Å². The third-order valence-corrected chi connectivity index (χ3v) is 3.83. The highest BCUT2D eigenvalue weighted by Gasteiger charge is 2.24. The van der Waals surface area contributed by atoms with Gasteiger partial charge in [-0.15, -0.1) is 11.3 Å². The molecule has 1 amide bonds. The van der Waals surface area contributed by atoms with Crippen molar-refractivity contribution in [2.24, 2.45) is 5.73 Å². The van der Waals surface area contributed by atoms with E-state index in [1.807, 2.05) is 17.5 Å². The number of carboxylic acid groups (broad SMARTS) is 1. The van der Waals surface area contributed by atoms with Crippen LogP contribution >= 0.6 is 11.3 Å². The van der Waals surface area contributed by atoms with Crippen LogP contribution < -0.4 is 11.1 Å². The molecule has 0 spiro atoms. The van der Waals surface area contributed by atoms with Gasteiger partial charge >= 0.3 is 5.97 Å². The molecule has 0 aliphatic carbocycles. The molecule has 5 N–H and O–H groups in total. The number of imidazole rings is 1. The molecule has 0 aliphatic rings. The fraction of sp³-hybridized carbons (Fsp3) is 0.308. The third-order valence-electron chi connectivity index (χ3n) is 2.93. The summed E-state index contributed by atoms with van der Waals surface area (Å²) in [7, 11) is 0. The lowest BCUT2D eigenvalue weighted by molar-refractivity contribution is -0.141. The zero-order valence-corrected chi connectivity index (χ0v) is 12.0. The van der Waals surface area contributed by atoms with E-state index < -0.39 is 24.0 Å². The molecule has 21 heavy (non-hydrogen) atoms. The molecule has 7 nitrogen and oxygen atoms in total. The molecular formula is C13H16N4O3S. The third kappa shape index (κ3) is 4.40. The highest BCUT2D eigenvalue weighted by molar-refractivity contribution is 7.09. The smallest absolute Gasteiger partial charge is 0.326 e. The fourth-order valence-electron chi connectivity index (χ4n) is 1.83. The Bertz CT molecular complexity index is 583. The Morgan fingerprint density at radius 1 is 1.48 bits per heavy atom. The van der Waals surface area contributed by atoms with E-state index in [0.717, 1.165) is 10.6 Å². The van der Waals surface area contributed by atoms with Gasteiger partial charge in [-0.05, 0) is 11.4 Å². The van der Waals surface area contributed by atoms with Crippen LogP contribution in [-0.4, -0.2) is 39.0 Å². The monoisotopic (exact) mass is 308 g/mol. The second kappa shape index (κ2) is 7.00. The number of H-pyrrole nitrogens is 1. The SMILES string of the molecule is N[C@@H](Cc1cnc[nH]1)C(=O)N[C@@H](Cc1cccs1)C(=O)O. The van der Waals surface area contributed by atoms with E-state index in [9.17, 15) is 14.7 Å². The molecule has 112 valence electrons. The molecule has 0 aliphatic heterocycles. The number of nitrogens with one attached hydrogen (secondary N) is 2. The molecule has 0 unspecified atom stereocenters. The number of hydrogen-bond donors (Lipinski definition) is 4. The van der Waals surface area contributed by atoms with Crippen LogP contribution in [0.1, 0.15) is 10.6 Å².